The van der Waals surface area contributed by atoms with Gasteiger partial charge in [-0.05, 0) is 36.5 Å². The molecule has 2 nitrogen and oxygen atoms in total. The first-order valence-electron chi connectivity index (χ1n) is 6.60. The Bertz CT molecular complexity index is 574. The van der Waals surface area contributed by atoms with Crippen molar-refractivity contribution < 1.29 is 5.11 Å². The zero-order valence-electron chi connectivity index (χ0n) is 11.7. The average molecular weight is 278 g/mol. The predicted molar refractivity (Wildman–Crippen MR) is 80.4 cm³/mol. The molecule has 0 radical (unpaired) electrons. The normalized spacial score (nSPS) is 13.7. The lowest BCUT2D eigenvalue weighted by molar-refractivity contribution is 0.149. The number of hydrogen-bond acceptors (Lipinski definition) is 2. The summed E-state index contributed by atoms with van der Waals surface area (Å²) in [5, 5.41) is 12.0. The second-order valence-corrected chi connectivity index (χ2v) is 6.56. The van der Waals surface area contributed by atoms with E-state index in [1.54, 1.807) is 6.20 Å². The van der Waals surface area contributed by atoms with Gasteiger partial charge in [0.05, 0.1) is 11.6 Å². The topological polar surface area (TPSA) is 33.1 Å². The van der Waals surface area contributed by atoms with E-state index >= 15 is 0 Å². The fourth-order valence-electron chi connectivity index (χ4n) is 2.15. The van der Waals surface area contributed by atoms with E-state index in [1.807, 2.05) is 24.3 Å². The smallest absolute Gasteiger partial charge is 0.0811 e. The summed E-state index contributed by atoms with van der Waals surface area (Å²) in [6.07, 6.45) is 2.94. The fourth-order valence-corrected chi connectivity index (χ4v) is 2.37. The molecule has 2 rings (SSSR count). The Balaban J connectivity index is 2.32. The van der Waals surface area contributed by atoms with Crippen molar-refractivity contribution in [2.75, 3.05) is 0 Å². The van der Waals surface area contributed by atoms with Crippen LogP contribution in [0.5, 0.6) is 0 Å². The Morgan fingerprint density at radius 3 is 2.68 bits per heavy atom. The molecule has 3 heteroatoms. The van der Waals surface area contributed by atoms with Crippen molar-refractivity contribution in [3.63, 3.8) is 0 Å². The van der Waals surface area contributed by atoms with Crippen molar-refractivity contribution >= 4 is 22.5 Å². The molecule has 0 bridgehead atoms. The van der Waals surface area contributed by atoms with Gasteiger partial charge in [-0.3, -0.25) is 4.98 Å². The minimum absolute atomic E-state index is 0.219. The van der Waals surface area contributed by atoms with Gasteiger partial charge in [0.1, 0.15) is 0 Å². The van der Waals surface area contributed by atoms with Crippen LogP contribution in [0.2, 0.25) is 5.02 Å². The lowest BCUT2D eigenvalue weighted by atomic mass is 9.87. The lowest BCUT2D eigenvalue weighted by Crippen LogP contribution is -2.08. The summed E-state index contributed by atoms with van der Waals surface area (Å²) in [5.41, 5.74) is 1.89. The third kappa shape index (κ3) is 3.46. The summed E-state index contributed by atoms with van der Waals surface area (Å²) in [6, 6.07) is 7.51. The lowest BCUT2D eigenvalue weighted by Gasteiger charge is -2.21. The number of halogens is 1. The van der Waals surface area contributed by atoms with E-state index in [2.05, 4.69) is 25.8 Å². The van der Waals surface area contributed by atoms with Crippen molar-refractivity contribution in [2.45, 2.75) is 39.7 Å². The summed E-state index contributed by atoms with van der Waals surface area (Å²) in [4.78, 5) is 4.36. The molecule has 102 valence electrons. The van der Waals surface area contributed by atoms with Crippen molar-refractivity contribution in [1.29, 1.82) is 0 Å². The molecular weight excluding hydrogens is 258 g/mol. The highest BCUT2D eigenvalue weighted by Gasteiger charge is 2.17. The molecule has 1 N–H and O–H groups in total. The molecule has 1 aromatic heterocycles. The second-order valence-electron chi connectivity index (χ2n) is 6.15. The van der Waals surface area contributed by atoms with E-state index in [1.165, 1.54) is 0 Å². The molecule has 19 heavy (non-hydrogen) atoms. The first-order chi connectivity index (χ1) is 8.88. The Labute approximate surface area is 119 Å². The molecule has 1 heterocycles. The fraction of sp³-hybridized carbons (Fsp3) is 0.438. The molecule has 0 aliphatic rings. The van der Waals surface area contributed by atoms with Crippen LogP contribution in [-0.4, -0.2) is 10.1 Å². The number of aliphatic hydroxyl groups excluding tert-OH is 1. The number of nitrogens with zero attached hydrogens (tertiary/aromatic N) is 1. The molecule has 2 aromatic rings. The van der Waals surface area contributed by atoms with Gasteiger partial charge in [0.25, 0.3) is 0 Å². The number of aliphatic hydroxyl groups is 1. The van der Waals surface area contributed by atoms with Gasteiger partial charge in [-0.2, -0.15) is 0 Å². The van der Waals surface area contributed by atoms with Crippen LogP contribution in [0.15, 0.2) is 30.5 Å². The molecule has 0 amide bonds. The minimum atomic E-state index is -0.492. The van der Waals surface area contributed by atoms with Crippen molar-refractivity contribution in [1.82, 2.24) is 4.98 Å². The molecule has 0 saturated heterocycles. The van der Waals surface area contributed by atoms with Crippen LogP contribution in [0.1, 0.15) is 45.3 Å². The molecule has 1 atom stereocenters. The quantitative estimate of drug-likeness (QED) is 0.878. The van der Waals surface area contributed by atoms with Crippen LogP contribution in [-0.2, 0) is 0 Å². The van der Waals surface area contributed by atoms with Crippen molar-refractivity contribution in [3.05, 3.63) is 41.0 Å². The zero-order chi connectivity index (χ0) is 14.0. The molecule has 0 aliphatic carbocycles. The van der Waals surface area contributed by atoms with Gasteiger partial charge in [-0.1, -0.05) is 38.4 Å². The monoisotopic (exact) mass is 277 g/mol. The molecule has 0 aliphatic heterocycles. The minimum Gasteiger partial charge on any atom is -0.388 e. The summed E-state index contributed by atoms with van der Waals surface area (Å²) < 4.78 is 0. The van der Waals surface area contributed by atoms with Gasteiger partial charge in [-0.25, -0.2) is 0 Å². The molecule has 0 saturated carbocycles. The van der Waals surface area contributed by atoms with Crippen LogP contribution in [0, 0.1) is 5.41 Å². The van der Waals surface area contributed by atoms with Gasteiger partial charge >= 0.3 is 0 Å². The van der Waals surface area contributed by atoms with E-state index in [0.29, 0.717) is 5.02 Å². The third-order valence-corrected chi connectivity index (χ3v) is 3.60. The molecule has 1 aromatic carbocycles. The summed E-state index contributed by atoms with van der Waals surface area (Å²) in [7, 11) is 0. The van der Waals surface area contributed by atoms with Crippen molar-refractivity contribution in [2.24, 2.45) is 5.41 Å². The maximum Gasteiger partial charge on any atom is 0.0811 e. The zero-order valence-corrected chi connectivity index (χ0v) is 12.4. The van der Waals surface area contributed by atoms with Gasteiger partial charge in [0.2, 0.25) is 0 Å². The van der Waals surface area contributed by atoms with Crippen molar-refractivity contribution in [3.8, 4) is 0 Å². The summed E-state index contributed by atoms with van der Waals surface area (Å²) in [5.74, 6) is 0. The molecular formula is C16H20ClNO. The molecule has 0 fully saturated rings. The van der Waals surface area contributed by atoms with Gasteiger partial charge < -0.3 is 5.11 Å². The van der Waals surface area contributed by atoms with E-state index in [9.17, 15) is 5.11 Å². The van der Waals surface area contributed by atoms with E-state index in [4.69, 9.17) is 11.6 Å². The van der Waals surface area contributed by atoms with Crippen LogP contribution < -0.4 is 0 Å². The number of benzene rings is 1. The second kappa shape index (κ2) is 5.48. The Kier molecular flexibility index (Phi) is 4.12. The highest BCUT2D eigenvalue weighted by molar-refractivity contribution is 6.35. The SMILES string of the molecule is CC(C)(C)CCC(O)c1ccc(Cl)c2cccnc12. The number of aromatic nitrogens is 1. The summed E-state index contributed by atoms with van der Waals surface area (Å²) >= 11 is 6.16. The molecule has 0 spiro atoms. The average Bonchev–Trinajstić information content (AvgIpc) is 2.36. The highest BCUT2D eigenvalue weighted by Crippen LogP contribution is 2.32. The number of hydrogen-bond donors (Lipinski definition) is 1. The Morgan fingerprint density at radius 2 is 2.00 bits per heavy atom. The number of rotatable bonds is 3. The van der Waals surface area contributed by atoms with Crippen LogP contribution >= 0.6 is 11.6 Å². The predicted octanol–water partition coefficient (Wildman–Crippen LogP) is 4.75. The maximum absolute atomic E-state index is 10.4. The Morgan fingerprint density at radius 1 is 1.26 bits per heavy atom. The van der Waals surface area contributed by atoms with Crippen LogP contribution in [0.3, 0.4) is 0 Å². The number of pyridine rings is 1. The third-order valence-electron chi connectivity index (χ3n) is 3.27. The van der Waals surface area contributed by atoms with E-state index in [-0.39, 0.29) is 5.41 Å². The van der Waals surface area contributed by atoms with Crippen LogP contribution in [0.4, 0.5) is 0 Å². The van der Waals surface area contributed by atoms with Gasteiger partial charge in [-0.15, -0.1) is 0 Å². The Hall–Kier alpha value is -1.12. The molecule has 1 unspecified atom stereocenters. The van der Waals surface area contributed by atoms with E-state index in [0.717, 1.165) is 29.3 Å². The van der Waals surface area contributed by atoms with Gasteiger partial charge in [0.15, 0.2) is 0 Å². The standard InChI is InChI=1S/C16H20ClNO/c1-16(2,3)9-8-14(19)12-6-7-13(17)11-5-4-10-18-15(11)12/h4-7,10,14,19H,8-9H2,1-3H3. The number of fused-ring (bicyclic) bond motifs is 1. The first kappa shape index (κ1) is 14.3. The van der Waals surface area contributed by atoms with Crippen LogP contribution in [0.25, 0.3) is 10.9 Å². The summed E-state index contributed by atoms with van der Waals surface area (Å²) in [6.45, 7) is 6.54. The van der Waals surface area contributed by atoms with E-state index < -0.39 is 6.10 Å². The highest BCUT2D eigenvalue weighted by atomic mass is 35.5. The van der Waals surface area contributed by atoms with Gasteiger partial charge in [0, 0.05) is 22.2 Å². The first-order valence-corrected chi connectivity index (χ1v) is 6.97. The maximum atomic E-state index is 10.4. The largest absolute Gasteiger partial charge is 0.388 e.